The molecule has 1 aromatic carbocycles. The number of benzene rings is 1. The summed E-state index contributed by atoms with van der Waals surface area (Å²) < 4.78 is 0. The molecule has 120 valence electrons. The first-order valence-electron chi connectivity index (χ1n) is 6.46. The molecule has 0 aliphatic carbocycles. The molecule has 0 bridgehead atoms. The molecule has 8 heteroatoms. The summed E-state index contributed by atoms with van der Waals surface area (Å²) in [5.41, 5.74) is 7.42. The van der Waals surface area contributed by atoms with Crippen LogP contribution in [0.2, 0.25) is 0 Å². The minimum atomic E-state index is -1.12. The molecule has 0 aliphatic heterocycles. The highest BCUT2D eigenvalue weighted by Gasteiger charge is 2.20. The van der Waals surface area contributed by atoms with E-state index in [-0.39, 0.29) is 17.6 Å². The number of hydrogen-bond acceptors (Lipinski definition) is 4. The molecule has 1 amide bonds. The second kappa shape index (κ2) is 6.92. The molecule has 1 aromatic heterocycles. The molecule has 0 saturated carbocycles. The minimum Gasteiger partial charge on any atom is -0.508 e. The van der Waals surface area contributed by atoms with Gasteiger partial charge in [-0.3, -0.25) is 9.59 Å². The van der Waals surface area contributed by atoms with Crippen molar-refractivity contribution in [3.63, 3.8) is 0 Å². The fraction of sp³-hybridized carbons (Fsp3) is 0.286. The number of nitrogens with one attached hydrogen (secondary N) is 2. The lowest BCUT2D eigenvalue weighted by Gasteiger charge is -2.14. The molecule has 0 saturated heterocycles. The van der Waals surface area contributed by atoms with Gasteiger partial charge in [-0.2, -0.15) is 0 Å². The third kappa shape index (κ3) is 3.74. The van der Waals surface area contributed by atoms with Crippen LogP contribution in [-0.2, 0) is 16.0 Å². The summed E-state index contributed by atoms with van der Waals surface area (Å²) in [6.45, 7) is 1.37. The highest BCUT2D eigenvalue weighted by atomic mass is 16.4. The molecule has 8 N–H and O–H groups in total. The van der Waals surface area contributed by atoms with Crippen molar-refractivity contribution in [3.05, 3.63) is 30.0 Å². The lowest BCUT2D eigenvalue weighted by atomic mass is 10.0. The van der Waals surface area contributed by atoms with Gasteiger partial charge in [0.25, 0.3) is 0 Å². The molecule has 8 nitrogen and oxygen atoms in total. The number of aromatic nitrogens is 1. The number of phenols is 1. The summed E-state index contributed by atoms with van der Waals surface area (Å²) in [5, 5.41) is 21.4. The average Bonchev–Trinajstić information content (AvgIpc) is 2.81. The third-order valence-electron chi connectivity index (χ3n) is 3.26. The van der Waals surface area contributed by atoms with Gasteiger partial charge >= 0.3 is 5.97 Å². The Morgan fingerprint density at radius 1 is 1.41 bits per heavy atom. The van der Waals surface area contributed by atoms with Crippen molar-refractivity contribution in [1.29, 1.82) is 0 Å². The van der Waals surface area contributed by atoms with Crippen LogP contribution >= 0.6 is 0 Å². The number of carboxylic acid groups (broad SMARTS) is 1. The Labute approximate surface area is 126 Å². The Balaban J connectivity index is 0.00000242. The van der Waals surface area contributed by atoms with Crippen LogP contribution in [0.15, 0.2) is 24.4 Å². The maximum atomic E-state index is 11.8. The van der Waals surface area contributed by atoms with E-state index < -0.39 is 24.0 Å². The predicted molar refractivity (Wildman–Crippen MR) is 80.5 cm³/mol. The zero-order valence-corrected chi connectivity index (χ0v) is 12.0. The van der Waals surface area contributed by atoms with Crippen LogP contribution in [0.5, 0.6) is 5.75 Å². The molecule has 2 unspecified atom stereocenters. The van der Waals surface area contributed by atoms with Crippen LogP contribution in [0, 0.1) is 0 Å². The number of carboxylic acids is 1. The SMILES string of the molecule is CC(NC(=O)C(N)Cc1c[nH]c2ccc(O)cc12)C(=O)O.O. The zero-order valence-electron chi connectivity index (χ0n) is 12.0. The number of fused-ring (bicyclic) bond motifs is 1. The summed E-state index contributed by atoms with van der Waals surface area (Å²) in [6.07, 6.45) is 1.96. The Hall–Kier alpha value is -2.58. The van der Waals surface area contributed by atoms with Crippen molar-refractivity contribution in [2.45, 2.75) is 25.4 Å². The van der Waals surface area contributed by atoms with Gasteiger partial charge in [-0.05, 0) is 37.1 Å². The van der Waals surface area contributed by atoms with E-state index in [9.17, 15) is 14.7 Å². The second-order valence-corrected chi connectivity index (χ2v) is 4.92. The standard InChI is InChI=1S/C14H17N3O4.H2O/c1-7(14(20)21)17-13(19)11(15)4-8-6-16-12-3-2-9(18)5-10(8)12;/h2-3,5-7,11,16,18H,4,15H2,1H3,(H,17,19)(H,20,21);1H2. The molecule has 0 radical (unpaired) electrons. The Morgan fingerprint density at radius 2 is 2.09 bits per heavy atom. The zero-order chi connectivity index (χ0) is 15.6. The fourth-order valence-electron chi connectivity index (χ4n) is 2.05. The van der Waals surface area contributed by atoms with Crippen LogP contribution in [0.4, 0.5) is 0 Å². The van der Waals surface area contributed by atoms with Gasteiger partial charge in [0.05, 0.1) is 6.04 Å². The first kappa shape index (κ1) is 17.5. The first-order chi connectivity index (χ1) is 9.88. The van der Waals surface area contributed by atoms with Gasteiger partial charge in [0.1, 0.15) is 11.8 Å². The van der Waals surface area contributed by atoms with E-state index in [1.54, 1.807) is 24.4 Å². The normalized spacial score (nSPS) is 13.2. The highest BCUT2D eigenvalue weighted by Crippen LogP contribution is 2.23. The number of phenolic OH excluding ortho intramolecular Hbond substituents is 1. The second-order valence-electron chi connectivity index (χ2n) is 4.92. The number of nitrogens with two attached hydrogens (primary N) is 1. The number of aliphatic carboxylic acids is 1. The molecule has 22 heavy (non-hydrogen) atoms. The first-order valence-corrected chi connectivity index (χ1v) is 6.46. The van der Waals surface area contributed by atoms with Crippen molar-refractivity contribution in [3.8, 4) is 5.75 Å². The van der Waals surface area contributed by atoms with Crippen LogP contribution in [0.3, 0.4) is 0 Å². The van der Waals surface area contributed by atoms with E-state index >= 15 is 0 Å². The quantitative estimate of drug-likeness (QED) is 0.503. The molecule has 0 spiro atoms. The highest BCUT2D eigenvalue weighted by molar-refractivity contribution is 5.88. The molecule has 2 aromatic rings. The molecule has 0 aliphatic rings. The molecule has 2 rings (SSSR count). The largest absolute Gasteiger partial charge is 0.508 e. The number of carbonyl (C=O) groups is 2. The van der Waals surface area contributed by atoms with Crippen LogP contribution in [-0.4, -0.2) is 44.6 Å². The number of aromatic amines is 1. The lowest BCUT2D eigenvalue weighted by molar-refractivity contribution is -0.141. The van der Waals surface area contributed by atoms with E-state index in [0.717, 1.165) is 16.5 Å². The molecule has 1 heterocycles. The van der Waals surface area contributed by atoms with Crippen molar-refractivity contribution < 1.29 is 25.3 Å². The van der Waals surface area contributed by atoms with E-state index in [0.29, 0.717) is 0 Å². The summed E-state index contributed by atoms with van der Waals surface area (Å²) in [6, 6.07) is 3.02. The number of H-pyrrole nitrogens is 1. The van der Waals surface area contributed by atoms with Crippen molar-refractivity contribution >= 4 is 22.8 Å². The number of rotatable bonds is 5. The number of hydrogen-bond donors (Lipinski definition) is 5. The predicted octanol–water partition coefficient (Wildman–Crippen LogP) is -0.492. The average molecular weight is 309 g/mol. The van der Waals surface area contributed by atoms with Crippen molar-refractivity contribution in [2.24, 2.45) is 5.73 Å². The Morgan fingerprint density at radius 3 is 2.73 bits per heavy atom. The molecule has 0 fully saturated rings. The summed E-state index contributed by atoms with van der Waals surface area (Å²) in [5.74, 6) is -1.52. The smallest absolute Gasteiger partial charge is 0.325 e. The Kier molecular flexibility index (Phi) is 5.50. The van der Waals surface area contributed by atoms with Gasteiger partial charge in [0.15, 0.2) is 0 Å². The maximum absolute atomic E-state index is 11.8. The topological polar surface area (TPSA) is 160 Å². The summed E-state index contributed by atoms with van der Waals surface area (Å²) in [4.78, 5) is 25.6. The molecule has 2 atom stereocenters. The Bertz CT molecular complexity index is 682. The van der Waals surface area contributed by atoms with Gasteiger partial charge in [0, 0.05) is 17.1 Å². The van der Waals surface area contributed by atoms with E-state index in [4.69, 9.17) is 10.8 Å². The van der Waals surface area contributed by atoms with Crippen LogP contribution in [0.1, 0.15) is 12.5 Å². The van der Waals surface area contributed by atoms with E-state index in [2.05, 4.69) is 10.3 Å². The van der Waals surface area contributed by atoms with Crippen LogP contribution < -0.4 is 11.1 Å². The summed E-state index contributed by atoms with van der Waals surface area (Å²) in [7, 11) is 0. The third-order valence-corrected chi connectivity index (χ3v) is 3.26. The van der Waals surface area contributed by atoms with E-state index in [1.165, 1.54) is 6.92 Å². The monoisotopic (exact) mass is 309 g/mol. The van der Waals surface area contributed by atoms with Gasteiger partial charge in [-0.25, -0.2) is 0 Å². The number of aromatic hydroxyl groups is 1. The lowest BCUT2D eigenvalue weighted by Crippen LogP contribution is -2.47. The maximum Gasteiger partial charge on any atom is 0.325 e. The summed E-state index contributed by atoms with van der Waals surface area (Å²) >= 11 is 0. The van der Waals surface area contributed by atoms with Crippen molar-refractivity contribution in [2.75, 3.05) is 0 Å². The van der Waals surface area contributed by atoms with Gasteiger partial charge < -0.3 is 31.7 Å². The molecular formula is C14H19N3O5. The molecular weight excluding hydrogens is 290 g/mol. The number of amides is 1. The van der Waals surface area contributed by atoms with E-state index in [1.807, 2.05) is 0 Å². The fourth-order valence-corrected chi connectivity index (χ4v) is 2.05. The van der Waals surface area contributed by atoms with Crippen LogP contribution in [0.25, 0.3) is 10.9 Å². The van der Waals surface area contributed by atoms with Gasteiger partial charge in [0.2, 0.25) is 5.91 Å². The minimum absolute atomic E-state index is 0. The van der Waals surface area contributed by atoms with Gasteiger partial charge in [-0.15, -0.1) is 0 Å². The van der Waals surface area contributed by atoms with Crippen molar-refractivity contribution in [1.82, 2.24) is 10.3 Å². The van der Waals surface area contributed by atoms with Gasteiger partial charge in [-0.1, -0.05) is 0 Å². The number of carbonyl (C=O) groups excluding carboxylic acids is 1.